The molecule has 0 N–H and O–H groups in total. The van der Waals surface area contributed by atoms with Crippen LogP contribution in [-0.2, 0) is 0 Å². The van der Waals surface area contributed by atoms with Crippen molar-refractivity contribution < 1.29 is 30.8 Å². The first-order valence-corrected chi connectivity index (χ1v) is 24.7. The highest BCUT2D eigenvalue weighted by Gasteiger charge is 2.29. The number of furan rings is 2. The van der Waals surface area contributed by atoms with Crippen LogP contribution in [0.2, 0.25) is 0 Å². The molecule has 0 spiro atoms. The van der Waals surface area contributed by atoms with Gasteiger partial charge < -0.3 is 18.6 Å². The summed E-state index contributed by atoms with van der Waals surface area (Å²) in [6, 6.07) is 43.9. The molecule has 2 heterocycles. The summed E-state index contributed by atoms with van der Waals surface area (Å²) in [5, 5.41) is 7.23. The van der Waals surface area contributed by atoms with Gasteiger partial charge in [0.05, 0.1) is 56.1 Å². The Morgan fingerprint density at radius 1 is 0.276 bits per heavy atom. The number of para-hydroxylation sites is 4. The van der Waals surface area contributed by atoms with Crippen molar-refractivity contribution in [3.63, 3.8) is 0 Å². The Bertz CT molecular complexity index is 5530. The lowest BCUT2D eigenvalue weighted by molar-refractivity contribution is 0.669. The monoisotopic (exact) mass is 984 g/mol. The molecule has 0 fully saturated rings. The van der Waals surface area contributed by atoms with Crippen molar-refractivity contribution in [3.05, 3.63) is 267 Å². The molecule has 0 unspecified atom stereocenters. The highest BCUT2D eigenvalue weighted by molar-refractivity contribution is 6.33. The first kappa shape index (κ1) is 29.5. The quantitative estimate of drug-likeness (QED) is 0.142. The molecule has 0 amide bonds. The molecule has 0 aliphatic rings. The second-order valence-corrected chi connectivity index (χ2v) is 18.6. The summed E-state index contributed by atoms with van der Waals surface area (Å²) < 4.78 is 163. The molecule has 76 heavy (non-hydrogen) atoms. The second-order valence-electron chi connectivity index (χ2n) is 18.6. The zero-order valence-corrected chi connectivity index (χ0v) is 39.9. The van der Waals surface area contributed by atoms with Crippen molar-refractivity contribution in [2.45, 2.75) is 0 Å². The van der Waals surface area contributed by atoms with Crippen molar-refractivity contribution in [2.75, 3.05) is 9.80 Å². The van der Waals surface area contributed by atoms with Crippen molar-refractivity contribution in [3.8, 4) is 22.3 Å². The summed E-state index contributed by atoms with van der Waals surface area (Å²) >= 11 is 0. The lowest BCUT2D eigenvalue weighted by atomic mass is 9.85. The van der Waals surface area contributed by atoms with Gasteiger partial charge in [-0.2, -0.15) is 0 Å². The first-order chi connectivity index (χ1) is 44.3. The average Bonchev–Trinajstić information content (AvgIpc) is 0.753. The van der Waals surface area contributed by atoms with Crippen molar-refractivity contribution >= 4 is 132 Å². The van der Waals surface area contributed by atoms with E-state index in [2.05, 4.69) is 0 Å². The lowest BCUT2D eigenvalue weighted by Gasteiger charge is -2.31. The van der Waals surface area contributed by atoms with E-state index in [1.165, 1.54) is 0 Å². The molecule has 4 heteroatoms. The van der Waals surface area contributed by atoms with Crippen LogP contribution in [0.1, 0.15) is 21.9 Å². The minimum Gasteiger partial charge on any atom is -0.454 e. The van der Waals surface area contributed by atoms with Crippen LogP contribution < -0.4 is 9.80 Å². The van der Waals surface area contributed by atoms with Crippen molar-refractivity contribution in [1.82, 2.24) is 0 Å². The minimum atomic E-state index is -0.624. The Hall–Kier alpha value is -10.2. The van der Waals surface area contributed by atoms with Gasteiger partial charge in [0.25, 0.3) is 0 Å². The summed E-state index contributed by atoms with van der Waals surface area (Å²) in [6.45, 7) is 0. The largest absolute Gasteiger partial charge is 0.454 e. The van der Waals surface area contributed by atoms with Crippen LogP contribution in [0.15, 0.2) is 275 Å². The normalized spacial score (nSPS) is 14.9. The van der Waals surface area contributed by atoms with E-state index in [9.17, 15) is 8.22 Å². The smallest absolute Gasteiger partial charge is 0.159 e. The van der Waals surface area contributed by atoms with E-state index in [1.54, 1.807) is 121 Å². The Kier molecular flexibility index (Phi) is 6.48. The molecule has 0 saturated heterocycles. The zero-order chi connectivity index (χ0) is 63.8. The standard InChI is InChI=1S/C72H44N2O2/c1-3-19-47(20-4-1)59-43-65(73(61-33-15-25-45-23-7-9-27-49(45)61)63-35-17-31-55-51-29-11-13-37-67(51)75-71(55)63)57-42-40-54-60(48-21-5-2-6-22-48)44-66(58-41-39-53(59)69(57)70(54)58)74(62-34-16-26-46-24-8-10-28-50(46)62)64-36-18-32-56-52-30-12-14-38-68(52)76-72(56)64/h1-44H/i1D,2D,3D,4D,5D,6D,9D,10D,19D,20D,21D,22D,33D,34D,37D,38D. The van der Waals surface area contributed by atoms with Gasteiger partial charge in [-0.05, 0) is 92.2 Å². The van der Waals surface area contributed by atoms with Crippen molar-refractivity contribution in [1.29, 1.82) is 0 Å². The van der Waals surface area contributed by atoms with Gasteiger partial charge in [0.15, 0.2) is 11.2 Å². The molecule has 4 nitrogen and oxygen atoms in total. The molecular weight excluding hydrogens is 925 g/mol. The van der Waals surface area contributed by atoms with Crippen LogP contribution in [0.3, 0.4) is 0 Å². The molecule has 0 atom stereocenters. The van der Waals surface area contributed by atoms with E-state index < -0.39 is 60.4 Å². The molecule has 14 aromatic carbocycles. The van der Waals surface area contributed by atoms with Crippen molar-refractivity contribution in [2.24, 2.45) is 0 Å². The third-order valence-corrected chi connectivity index (χ3v) is 14.7. The molecule has 16 aromatic rings. The van der Waals surface area contributed by atoms with E-state index in [0.29, 0.717) is 120 Å². The van der Waals surface area contributed by atoms with E-state index in [-0.39, 0.29) is 69.9 Å². The molecule has 0 radical (unpaired) electrons. The Morgan fingerprint density at radius 2 is 0.711 bits per heavy atom. The van der Waals surface area contributed by atoms with Gasteiger partial charge in [0.2, 0.25) is 0 Å². The van der Waals surface area contributed by atoms with Gasteiger partial charge >= 0.3 is 0 Å². The Morgan fingerprint density at radius 3 is 1.18 bits per heavy atom. The van der Waals surface area contributed by atoms with Gasteiger partial charge in [-0.1, -0.05) is 218 Å². The fourth-order valence-electron chi connectivity index (χ4n) is 11.5. The molecule has 0 bridgehead atoms. The van der Waals surface area contributed by atoms with Crippen LogP contribution in [0.5, 0.6) is 0 Å². The summed E-state index contributed by atoms with van der Waals surface area (Å²) in [7, 11) is 0. The van der Waals surface area contributed by atoms with E-state index in [4.69, 9.17) is 22.5 Å². The molecule has 16 rings (SSSR count). The van der Waals surface area contributed by atoms with E-state index in [1.807, 2.05) is 58.3 Å². The van der Waals surface area contributed by atoms with Gasteiger partial charge in [-0.25, -0.2) is 0 Å². The summed E-state index contributed by atoms with van der Waals surface area (Å²) in [5.41, 5.74) is 3.01. The molecule has 0 saturated carbocycles. The van der Waals surface area contributed by atoms with Gasteiger partial charge in [-0.3, -0.25) is 0 Å². The number of nitrogens with zero attached hydrogens (tertiary/aromatic N) is 2. The Labute approximate surface area is 459 Å². The van der Waals surface area contributed by atoms with Gasteiger partial charge in [-0.15, -0.1) is 0 Å². The van der Waals surface area contributed by atoms with Crippen LogP contribution >= 0.6 is 0 Å². The molecule has 0 aliphatic heterocycles. The highest BCUT2D eigenvalue weighted by atomic mass is 16.3. The van der Waals surface area contributed by atoms with Gasteiger partial charge in [0.1, 0.15) is 11.2 Å². The van der Waals surface area contributed by atoms with Crippen LogP contribution in [-0.4, -0.2) is 0 Å². The lowest BCUT2D eigenvalue weighted by Crippen LogP contribution is -2.13. The zero-order valence-electron chi connectivity index (χ0n) is 55.9. The second kappa shape index (κ2) is 16.7. The highest BCUT2D eigenvalue weighted by Crippen LogP contribution is 2.55. The third-order valence-electron chi connectivity index (χ3n) is 14.7. The topological polar surface area (TPSA) is 32.8 Å². The fraction of sp³-hybridized carbons (Fsp3) is 0. The maximum absolute atomic E-state index is 10.0. The van der Waals surface area contributed by atoms with Crippen LogP contribution in [0.4, 0.5) is 34.1 Å². The predicted octanol–water partition coefficient (Wildman–Crippen LogP) is 21.0. The van der Waals surface area contributed by atoms with Crippen LogP contribution in [0, 0.1) is 0 Å². The molecule has 354 valence electrons. The maximum atomic E-state index is 10.0. The summed E-state index contributed by atoms with van der Waals surface area (Å²) in [5.74, 6) is 0. The minimum absolute atomic E-state index is 0.00303. The Balaban J connectivity index is 1.16. The number of hydrogen-bond acceptors (Lipinski definition) is 4. The number of rotatable bonds is 8. The molecular formula is C72H44N2O2. The first-order valence-electron chi connectivity index (χ1n) is 32.7. The molecule has 0 aliphatic carbocycles. The number of benzene rings is 14. The SMILES string of the molecule is [2H]c1ccc2ccc([2H])c(N(c3cc(-c4c([2H])c([2H])c([2H])c([2H])c4[2H])c4ccc5c(N(c6c([2H])ccc7ccc([2H])cc67)c6cccc7c6oc6c([2H])cccc67)cc(-c6c([2H])c([2H])c([2H])c([2H])c6[2H])c6ccc3c4c65)c3cccc4c3oc3c([2H])cccc34)c2c1. The van der Waals surface area contributed by atoms with Crippen LogP contribution in [0.25, 0.3) is 120 Å². The summed E-state index contributed by atoms with van der Waals surface area (Å²) in [6.07, 6.45) is 0. The summed E-state index contributed by atoms with van der Waals surface area (Å²) in [4.78, 5) is 3.63. The van der Waals surface area contributed by atoms with E-state index >= 15 is 0 Å². The van der Waals surface area contributed by atoms with E-state index in [0.717, 1.165) is 0 Å². The van der Waals surface area contributed by atoms with Gasteiger partial charge in [0, 0.05) is 53.9 Å². The fourth-order valence-corrected chi connectivity index (χ4v) is 11.5. The predicted molar refractivity (Wildman–Crippen MR) is 320 cm³/mol. The average molecular weight is 985 g/mol. The number of anilines is 6. The number of fused-ring (bicyclic) bond motifs is 8. The maximum Gasteiger partial charge on any atom is 0.159 e. The molecule has 2 aromatic heterocycles. The number of hydrogen-bond donors (Lipinski definition) is 0. The third kappa shape index (κ3) is 6.31.